The largest absolute Gasteiger partial charge is 0.502 e. The van der Waals surface area contributed by atoms with Crippen molar-refractivity contribution in [2.45, 2.75) is 6.54 Å². The van der Waals surface area contributed by atoms with Crippen molar-refractivity contribution in [1.82, 2.24) is 8.97 Å². The summed E-state index contributed by atoms with van der Waals surface area (Å²) >= 11 is 5.92. The minimum Gasteiger partial charge on any atom is -0.502 e. The molecule has 0 atom stereocenters. The molecule has 128 valence electrons. The lowest BCUT2D eigenvalue weighted by molar-refractivity contribution is 0.209. The number of carboxylic acid groups (broad SMARTS) is 1. The zero-order valence-electron chi connectivity index (χ0n) is 12.6. The van der Waals surface area contributed by atoms with E-state index in [-0.39, 0.29) is 17.7 Å². The highest BCUT2D eigenvalue weighted by molar-refractivity contribution is 6.30. The van der Waals surface area contributed by atoms with Crippen molar-refractivity contribution in [3.63, 3.8) is 0 Å². The summed E-state index contributed by atoms with van der Waals surface area (Å²) in [7, 11) is 0. The first kappa shape index (κ1) is 16.6. The first-order chi connectivity index (χ1) is 11.9. The maximum absolute atomic E-state index is 12.6. The monoisotopic (exact) mass is 361 g/mol. The van der Waals surface area contributed by atoms with Crippen molar-refractivity contribution in [1.29, 1.82) is 0 Å². The highest BCUT2D eigenvalue weighted by Gasteiger charge is 2.15. The Labute approximate surface area is 145 Å². The number of carbonyl (C=O) groups is 1. The van der Waals surface area contributed by atoms with Gasteiger partial charge < -0.3 is 19.2 Å². The third-order valence-electron chi connectivity index (χ3n) is 3.56. The predicted octanol–water partition coefficient (Wildman–Crippen LogP) is 1.96. The maximum atomic E-state index is 12.6. The van der Waals surface area contributed by atoms with Crippen LogP contribution in [0.15, 0.2) is 52.4 Å². The van der Waals surface area contributed by atoms with Crippen LogP contribution in [0.2, 0.25) is 5.02 Å². The quantitative estimate of drug-likeness (QED) is 0.660. The molecule has 0 radical (unpaired) electrons. The molecule has 0 spiro atoms. The summed E-state index contributed by atoms with van der Waals surface area (Å²) in [5, 5.41) is 21.2. The number of benzene rings is 1. The van der Waals surface area contributed by atoms with Crippen LogP contribution in [0.4, 0.5) is 10.5 Å². The van der Waals surface area contributed by atoms with Gasteiger partial charge in [0.25, 0.3) is 5.56 Å². The van der Waals surface area contributed by atoms with E-state index in [4.69, 9.17) is 16.7 Å². The normalized spacial score (nSPS) is 10.8. The van der Waals surface area contributed by atoms with Gasteiger partial charge in [-0.25, -0.2) is 4.79 Å². The summed E-state index contributed by atoms with van der Waals surface area (Å²) in [4.78, 5) is 35.3. The Morgan fingerprint density at radius 3 is 2.68 bits per heavy atom. The molecule has 3 N–H and O–H groups in total. The second kappa shape index (κ2) is 6.33. The average molecular weight is 362 g/mol. The van der Waals surface area contributed by atoms with E-state index in [0.29, 0.717) is 5.02 Å². The number of halogens is 1. The second-order valence-electron chi connectivity index (χ2n) is 5.27. The molecule has 2 heterocycles. The number of amides is 1. The van der Waals surface area contributed by atoms with Gasteiger partial charge in [0, 0.05) is 23.6 Å². The molecule has 25 heavy (non-hydrogen) atoms. The standard InChI is InChI=1S/C16H12ClN3O5/c17-10-3-1-2-9(6-10)7-20-5-4-19-8-11(18-16(24)25)13(21)14(22)12(19)15(20)23/h1-6,8,18,22H,7H2,(H,24,25). The molecule has 0 unspecified atom stereocenters. The molecule has 8 nitrogen and oxygen atoms in total. The smallest absolute Gasteiger partial charge is 0.409 e. The van der Waals surface area contributed by atoms with Gasteiger partial charge in [0.2, 0.25) is 5.43 Å². The SMILES string of the molecule is O=C(O)Nc1cn2ccn(Cc3cccc(Cl)c3)c(=O)c2c(O)c1=O. The Bertz CT molecular complexity index is 1100. The minimum absolute atomic E-state index is 0.193. The van der Waals surface area contributed by atoms with Crippen molar-refractivity contribution in [2.75, 3.05) is 5.32 Å². The zero-order chi connectivity index (χ0) is 18.1. The number of nitrogens with one attached hydrogen (secondary N) is 1. The molecule has 0 fully saturated rings. The zero-order valence-corrected chi connectivity index (χ0v) is 13.4. The van der Waals surface area contributed by atoms with Crippen LogP contribution >= 0.6 is 11.6 Å². The van der Waals surface area contributed by atoms with Crippen LogP contribution in [0.25, 0.3) is 5.52 Å². The Hall–Kier alpha value is -3.26. The molecule has 0 saturated heterocycles. The number of nitrogens with zero attached hydrogens (tertiary/aromatic N) is 2. The lowest BCUT2D eigenvalue weighted by Crippen LogP contribution is -2.25. The number of fused-ring (bicyclic) bond motifs is 1. The number of pyridine rings is 1. The fourth-order valence-corrected chi connectivity index (χ4v) is 2.68. The van der Waals surface area contributed by atoms with E-state index in [1.807, 2.05) is 5.32 Å². The number of anilines is 1. The van der Waals surface area contributed by atoms with Crippen molar-refractivity contribution in [3.05, 3.63) is 74.0 Å². The van der Waals surface area contributed by atoms with Crippen LogP contribution in [0.1, 0.15) is 5.56 Å². The highest BCUT2D eigenvalue weighted by atomic mass is 35.5. The molecule has 0 saturated carbocycles. The van der Waals surface area contributed by atoms with Crippen LogP contribution in [0.3, 0.4) is 0 Å². The molecular formula is C16H12ClN3O5. The van der Waals surface area contributed by atoms with Gasteiger partial charge in [-0.3, -0.25) is 14.9 Å². The van der Waals surface area contributed by atoms with E-state index in [2.05, 4.69) is 0 Å². The van der Waals surface area contributed by atoms with Gasteiger partial charge in [-0.05, 0) is 17.7 Å². The molecule has 0 bridgehead atoms. The topological polar surface area (TPSA) is 113 Å². The summed E-state index contributed by atoms with van der Waals surface area (Å²) in [5.74, 6) is -0.823. The number of rotatable bonds is 3. The highest BCUT2D eigenvalue weighted by Crippen LogP contribution is 2.15. The molecular weight excluding hydrogens is 350 g/mol. The molecule has 9 heteroatoms. The number of hydrogen-bond donors (Lipinski definition) is 3. The van der Waals surface area contributed by atoms with Gasteiger partial charge in [-0.2, -0.15) is 0 Å². The van der Waals surface area contributed by atoms with Gasteiger partial charge in [0.15, 0.2) is 11.3 Å². The van der Waals surface area contributed by atoms with E-state index < -0.39 is 22.8 Å². The Morgan fingerprint density at radius 2 is 2.00 bits per heavy atom. The Morgan fingerprint density at radius 1 is 1.24 bits per heavy atom. The minimum atomic E-state index is -1.45. The van der Waals surface area contributed by atoms with Crippen molar-refractivity contribution >= 4 is 28.9 Å². The van der Waals surface area contributed by atoms with Gasteiger partial charge in [0.1, 0.15) is 5.69 Å². The predicted molar refractivity (Wildman–Crippen MR) is 91.8 cm³/mol. The van der Waals surface area contributed by atoms with E-state index >= 15 is 0 Å². The number of hydrogen-bond acceptors (Lipinski definition) is 4. The van der Waals surface area contributed by atoms with Gasteiger partial charge in [-0.15, -0.1) is 0 Å². The van der Waals surface area contributed by atoms with Crippen molar-refractivity contribution in [2.24, 2.45) is 0 Å². The van der Waals surface area contributed by atoms with Gasteiger partial charge >= 0.3 is 6.09 Å². The molecule has 0 aliphatic carbocycles. The average Bonchev–Trinajstić information content (AvgIpc) is 2.54. The van der Waals surface area contributed by atoms with Crippen LogP contribution in [-0.4, -0.2) is 25.3 Å². The summed E-state index contributed by atoms with van der Waals surface area (Å²) in [6, 6.07) is 6.94. The van der Waals surface area contributed by atoms with Crippen LogP contribution in [-0.2, 0) is 6.54 Å². The van der Waals surface area contributed by atoms with Crippen LogP contribution in [0, 0.1) is 0 Å². The van der Waals surface area contributed by atoms with Crippen LogP contribution < -0.4 is 16.3 Å². The molecule has 1 amide bonds. The van der Waals surface area contributed by atoms with Crippen LogP contribution in [0.5, 0.6) is 5.75 Å². The maximum Gasteiger partial charge on any atom is 0.409 e. The number of aromatic hydroxyl groups is 1. The first-order valence-electron chi connectivity index (χ1n) is 7.08. The molecule has 0 aliphatic heterocycles. The Kier molecular flexibility index (Phi) is 4.20. The first-order valence-corrected chi connectivity index (χ1v) is 7.46. The molecule has 2 aromatic heterocycles. The lowest BCUT2D eigenvalue weighted by Gasteiger charge is -2.11. The second-order valence-corrected chi connectivity index (χ2v) is 5.70. The molecule has 1 aromatic carbocycles. The van der Waals surface area contributed by atoms with Crippen molar-refractivity contribution in [3.8, 4) is 5.75 Å². The van der Waals surface area contributed by atoms with E-state index in [0.717, 1.165) is 11.8 Å². The lowest BCUT2D eigenvalue weighted by atomic mass is 10.2. The fourth-order valence-electron chi connectivity index (χ4n) is 2.47. The van der Waals surface area contributed by atoms with Gasteiger partial charge in [0.05, 0.1) is 6.54 Å². The summed E-state index contributed by atoms with van der Waals surface area (Å²) in [5.41, 5.74) is -1.40. The number of aromatic nitrogens is 2. The van der Waals surface area contributed by atoms with Crippen molar-refractivity contribution < 1.29 is 15.0 Å². The molecule has 3 rings (SSSR count). The Balaban J connectivity index is 2.14. The summed E-state index contributed by atoms with van der Waals surface area (Å²) in [6.45, 7) is 0.193. The third kappa shape index (κ3) is 3.20. The summed E-state index contributed by atoms with van der Waals surface area (Å²) in [6.07, 6.45) is 2.58. The van der Waals surface area contributed by atoms with Gasteiger partial charge in [-0.1, -0.05) is 23.7 Å². The summed E-state index contributed by atoms with van der Waals surface area (Å²) < 4.78 is 2.50. The fraction of sp³-hybridized carbons (Fsp3) is 0.0625. The molecule has 0 aliphatic rings. The van der Waals surface area contributed by atoms with E-state index in [1.54, 1.807) is 24.3 Å². The van der Waals surface area contributed by atoms with E-state index in [1.165, 1.54) is 21.4 Å². The third-order valence-corrected chi connectivity index (χ3v) is 3.80. The molecule has 3 aromatic rings. The van der Waals surface area contributed by atoms with E-state index in [9.17, 15) is 19.5 Å².